The maximum Gasteiger partial charge on any atom is 0.132 e. The molecular weight excluding hydrogens is 388 g/mol. The number of benzene rings is 1. The molecule has 1 nitrogen and oxygen atoms in total. The Hall–Kier alpha value is -0.300. The minimum Gasteiger partial charge on any atom is -0.319 e. The predicted octanol–water partition coefficient (Wildman–Crippen LogP) is 4.91. The summed E-state index contributed by atoms with van der Waals surface area (Å²) < 4.78 is 28.9. The van der Waals surface area contributed by atoms with E-state index in [4.69, 9.17) is 5.73 Å². The third kappa shape index (κ3) is 2.66. The number of aryl methyl sites for hydroxylation is 1. The third-order valence-corrected chi connectivity index (χ3v) is 5.22. The number of halogens is 4. The second kappa shape index (κ2) is 5.36. The van der Waals surface area contributed by atoms with Crippen molar-refractivity contribution in [3.05, 3.63) is 54.1 Å². The van der Waals surface area contributed by atoms with Crippen LogP contribution in [0.15, 0.2) is 26.5 Å². The molecule has 0 aliphatic carbocycles. The van der Waals surface area contributed by atoms with Crippen molar-refractivity contribution in [1.29, 1.82) is 0 Å². The molecule has 18 heavy (non-hydrogen) atoms. The molecule has 0 radical (unpaired) electrons. The first kappa shape index (κ1) is 14.1. The molecule has 0 fully saturated rings. The van der Waals surface area contributed by atoms with Gasteiger partial charge in [0.1, 0.15) is 11.6 Å². The van der Waals surface area contributed by atoms with Crippen LogP contribution in [0.25, 0.3) is 0 Å². The highest BCUT2D eigenvalue weighted by Gasteiger charge is 2.21. The zero-order valence-electron chi connectivity index (χ0n) is 9.31. The van der Waals surface area contributed by atoms with Crippen LogP contribution in [-0.4, -0.2) is 0 Å². The zero-order chi connectivity index (χ0) is 13.4. The van der Waals surface area contributed by atoms with E-state index in [2.05, 4.69) is 31.9 Å². The van der Waals surface area contributed by atoms with Gasteiger partial charge in [-0.15, -0.1) is 11.3 Å². The van der Waals surface area contributed by atoms with E-state index in [9.17, 15) is 8.78 Å². The zero-order valence-corrected chi connectivity index (χ0v) is 13.3. The lowest BCUT2D eigenvalue weighted by Gasteiger charge is -2.12. The number of hydrogen-bond donors (Lipinski definition) is 1. The van der Waals surface area contributed by atoms with Crippen LogP contribution in [0.4, 0.5) is 8.78 Å². The number of thiophene rings is 1. The maximum atomic E-state index is 13.8. The fourth-order valence-electron chi connectivity index (χ4n) is 1.63. The van der Waals surface area contributed by atoms with E-state index in [1.54, 1.807) is 0 Å². The Morgan fingerprint density at radius 3 is 2.17 bits per heavy atom. The van der Waals surface area contributed by atoms with Gasteiger partial charge in [-0.05, 0) is 46.6 Å². The van der Waals surface area contributed by atoms with Crippen molar-refractivity contribution >= 4 is 43.2 Å². The molecule has 0 spiro atoms. The van der Waals surface area contributed by atoms with Crippen molar-refractivity contribution in [2.24, 2.45) is 5.73 Å². The summed E-state index contributed by atoms with van der Waals surface area (Å²) in [5.41, 5.74) is 6.84. The minimum absolute atomic E-state index is 0.105. The van der Waals surface area contributed by atoms with Crippen LogP contribution in [0.2, 0.25) is 0 Å². The van der Waals surface area contributed by atoms with Gasteiger partial charge < -0.3 is 5.73 Å². The summed E-state index contributed by atoms with van der Waals surface area (Å²) in [7, 11) is 0. The standard InChI is InChI=1S/C12H9Br2F2NS/c1-5-2-9(18-12(5)14)11(17)10-7(15)3-6(13)4-8(10)16/h2-4,11H,17H2,1H3. The van der Waals surface area contributed by atoms with Crippen molar-refractivity contribution in [3.63, 3.8) is 0 Å². The molecule has 0 aliphatic heterocycles. The molecule has 1 unspecified atom stereocenters. The monoisotopic (exact) mass is 395 g/mol. The lowest BCUT2D eigenvalue weighted by atomic mass is 10.0. The lowest BCUT2D eigenvalue weighted by Crippen LogP contribution is -2.14. The molecule has 1 aromatic carbocycles. The Balaban J connectivity index is 2.49. The van der Waals surface area contributed by atoms with Crippen LogP contribution in [-0.2, 0) is 0 Å². The average Bonchev–Trinajstić information content (AvgIpc) is 2.57. The van der Waals surface area contributed by atoms with E-state index in [0.717, 1.165) is 14.2 Å². The van der Waals surface area contributed by atoms with Crippen molar-refractivity contribution in [2.75, 3.05) is 0 Å². The second-order valence-electron chi connectivity index (χ2n) is 3.87. The fraction of sp³-hybridized carbons (Fsp3) is 0.167. The molecule has 0 aliphatic rings. The summed E-state index contributed by atoms with van der Waals surface area (Å²) in [6, 6.07) is 3.47. The summed E-state index contributed by atoms with van der Waals surface area (Å²) in [5.74, 6) is -1.28. The number of nitrogens with two attached hydrogens (primary N) is 1. The number of hydrogen-bond acceptors (Lipinski definition) is 2. The van der Waals surface area contributed by atoms with Gasteiger partial charge in [-0.3, -0.25) is 0 Å². The van der Waals surface area contributed by atoms with E-state index in [0.29, 0.717) is 4.47 Å². The van der Waals surface area contributed by atoms with Crippen LogP contribution in [0, 0.1) is 18.6 Å². The Morgan fingerprint density at radius 1 is 1.17 bits per heavy atom. The van der Waals surface area contributed by atoms with E-state index in [-0.39, 0.29) is 5.56 Å². The quantitative estimate of drug-likeness (QED) is 0.766. The molecule has 0 saturated carbocycles. The van der Waals surface area contributed by atoms with Crippen LogP contribution in [0.1, 0.15) is 22.0 Å². The summed E-state index contributed by atoms with van der Waals surface area (Å²) in [6.07, 6.45) is 0. The first-order chi connectivity index (χ1) is 8.40. The second-order valence-corrected chi connectivity index (χ2v) is 7.18. The van der Waals surface area contributed by atoms with Crippen molar-refractivity contribution in [1.82, 2.24) is 0 Å². The smallest absolute Gasteiger partial charge is 0.132 e. The van der Waals surface area contributed by atoms with E-state index >= 15 is 0 Å². The van der Waals surface area contributed by atoms with Gasteiger partial charge in [0.05, 0.1) is 9.83 Å². The highest BCUT2D eigenvalue weighted by Crippen LogP contribution is 2.35. The maximum absolute atomic E-state index is 13.8. The molecule has 2 aromatic rings. The molecule has 2 rings (SSSR count). The molecule has 2 N–H and O–H groups in total. The van der Waals surface area contributed by atoms with Crippen molar-refractivity contribution < 1.29 is 8.78 Å². The van der Waals surface area contributed by atoms with Gasteiger partial charge in [0, 0.05) is 14.9 Å². The van der Waals surface area contributed by atoms with Crippen molar-refractivity contribution in [2.45, 2.75) is 13.0 Å². The summed E-state index contributed by atoms with van der Waals surface area (Å²) in [5, 5.41) is 0. The van der Waals surface area contributed by atoms with Gasteiger partial charge in [0.2, 0.25) is 0 Å². The van der Waals surface area contributed by atoms with E-state index in [1.165, 1.54) is 23.5 Å². The van der Waals surface area contributed by atoms with Gasteiger partial charge in [-0.1, -0.05) is 15.9 Å². The molecule has 0 saturated heterocycles. The van der Waals surface area contributed by atoms with Crippen molar-refractivity contribution in [3.8, 4) is 0 Å². The van der Waals surface area contributed by atoms with Gasteiger partial charge in [0.15, 0.2) is 0 Å². The Bertz CT molecular complexity index is 555. The van der Waals surface area contributed by atoms with Gasteiger partial charge in [-0.25, -0.2) is 8.78 Å². The number of rotatable bonds is 2. The highest BCUT2D eigenvalue weighted by molar-refractivity contribution is 9.11. The van der Waals surface area contributed by atoms with Gasteiger partial charge in [-0.2, -0.15) is 0 Å². The molecule has 6 heteroatoms. The molecule has 1 heterocycles. The summed E-state index contributed by atoms with van der Waals surface area (Å²) in [6.45, 7) is 1.91. The molecule has 1 aromatic heterocycles. The normalized spacial score (nSPS) is 12.8. The lowest BCUT2D eigenvalue weighted by molar-refractivity contribution is 0.543. The molecule has 1 atom stereocenters. The fourth-order valence-corrected chi connectivity index (χ4v) is 3.61. The minimum atomic E-state index is -0.798. The Kier molecular flexibility index (Phi) is 4.21. The van der Waals surface area contributed by atoms with Crippen LogP contribution in [0.5, 0.6) is 0 Å². The van der Waals surface area contributed by atoms with Gasteiger partial charge >= 0.3 is 0 Å². The SMILES string of the molecule is Cc1cc(C(N)c2c(F)cc(Br)cc2F)sc1Br. The van der Waals surface area contributed by atoms with Gasteiger partial charge in [0.25, 0.3) is 0 Å². The van der Waals surface area contributed by atoms with E-state index in [1.807, 2.05) is 13.0 Å². The average molecular weight is 397 g/mol. The molecule has 0 amide bonds. The highest BCUT2D eigenvalue weighted by atomic mass is 79.9. The van der Waals surface area contributed by atoms with E-state index < -0.39 is 17.7 Å². The molecule has 96 valence electrons. The van der Waals surface area contributed by atoms with Crippen LogP contribution >= 0.6 is 43.2 Å². The summed E-state index contributed by atoms with van der Waals surface area (Å²) >= 11 is 7.80. The Labute approximate surface area is 124 Å². The largest absolute Gasteiger partial charge is 0.319 e. The molecular formula is C12H9Br2F2NS. The van der Waals surface area contributed by atoms with Crippen LogP contribution in [0.3, 0.4) is 0 Å². The summed E-state index contributed by atoms with van der Waals surface area (Å²) in [4.78, 5) is 0.722. The topological polar surface area (TPSA) is 26.0 Å². The molecule has 0 bridgehead atoms. The first-order valence-corrected chi connectivity index (χ1v) is 7.46. The van der Waals surface area contributed by atoms with Crippen LogP contribution < -0.4 is 5.73 Å². The predicted molar refractivity (Wildman–Crippen MR) is 76.8 cm³/mol. The Morgan fingerprint density at radius 2 is 1.72 bits per heavy atom. The first-order valence-electron chi connectivity index (χ1n) is 5.06. The third-order valence-electron chi connectivity index (χ3n) is 2.54.